The number of piperidine rings is 1. The maximum absolute atomic E-state index is 12.3. The van der Waals surface area contributed by atoms with E-state index in [1.54, 1.807) is 0 Å². The Labute approximate surface area is 109 Å². The SMILES string of the molecule is O=C(c1n[nH]c(C2CC2)c1Br)N1CCCCC1. The summed E-state index contributed by atoms with van der Waals surface area (Å²) in [5.74, 6) is 0.652. The Kier molecular flexibility index (Phi) is 2.94. The highest BCUT2D eigenvalue weighted by Crippen LogP contribution is 2.43. The average molecular weight is 298 g/mol. The minimum Gasteiger partial charge on any atom is -0.337 e. The first-order valence-corrected chi connectivity index (χ1v) is 7.09. The van der Waals surface area contributed by atoms with Crippen LogP contribution in [0.4, 0.5) is 0 Å². The zero-order valence-corrected chi connectivity index (χ0v) is 11.3. The number of nitrogens with zero attached hydrogens (tertiary/aromatic N) is 2. The molecule has 92 valence electrons. The third kappa shape index (κ3) is 2.12. The Hall–Kier alpha value is -0.840. The van der Waals surface area contributed by atoms with Gasteiger partial charge in [-0.1, -0.05) is 0 Å². The van der Waals surface area contributed by atoms with E-state index in [0.29, 0.717) is 11.6 Å². The maximum Gasteiger partial charge on any atom is 0.275 e. The lowest BCUT2D eigenvalue weighted by Gasteiger charge is -2.25. The number of hydrogen-bond acceptors (Lipinski definition) is 2. The number of aromatic amines is 1. The van der Waals surface area contributed by atoms with Crippen molar-refractivity contribution < 1.29 is 4.79 Å². The number of halogens is 1. The van der Waals surface area contributed by atoms with Crippen molar-refractivity contribution >= 4 is 21.8 Å². The van der Waals surface area contributed by atoms with Gasteiger partial charge >= 0.3 is 0 Å². The Morgan fingerprint density at radius 2 is 2.00 bits per heavy atom. The van der Waals surface area contributed by atoms with Crippen molar-refractivity contribution in [2.45, 2.75) is 38.0 Å². The van der Waals surface area contributed by atoms with Gasteiger partial charge in [0.15, 0.2) is 5.69 Å². The molecule has 0 unspecified atom stereocenters. The first-order chi connectivity index (χ1) is 8.27. The van der Waals surface area contributed by atoms with Gasteiger partial charge in [0.2, 0.25) is 0 Å². The summed E-state index contributed by atoms with van der Waals surface area (Å²) in [6.45, 7) is 1.74. The van der Waals surface area contributed by atoms with Gasteiger partial charge in [-0.05, 0) is 48.0 Å². The molecule has 1 aliphatic heterocycles. The topological polar surface area (TPSA) is 49.0 Å². The predicted octanol–water partition coefficient (Wildman–Crippen LogP) is 2.68. The molecule has 1 amide bonds. The van der Waals surface area contributed by atoms with E-state index in [2.05, 4.69) is 26.1 Å². The molecule has 0 aromatic carbocycles. The quantitative estimate of drug-likeness (QED) is 0.912. The monoisotopic (exact) mass is 297 g/mol. The molecule has 0 spiro atoms. The molecule has 1 aliphatic carbocycles. The zero-order chi connectivity index (χ0) is 11.8. The van der Waals surface area contributed by atoms with Crippen LogP contribution in [0.3, 0.4) is 0 Å². The van der Waals surface area contributed by atoms with Crippen molar-refractivity contribution in [3.63, 3.8) is 0 Å². The van der Waals surface area contributed by atoms with Crippen LogP contribution in [0.2, 0.25) is 0 Å². The van der Waals surface area contributed by atoms with Crippen LogP contribution in [0.5, 0.6) is 0 Å². The van der Waals surface area contributed by atoms with Crippen LogP contribution in [-0.2, 0) is 0 Å². The summed E-state index contributed by atoms with van der Waals surface area (Å²) >= 11 is 3.52. The summed E-state index contributed by atoms with van der Waals surface area (Å²) in [6.07, 6.45) is 5.88. The number of amides is 1. The Balaban J connectivity index is 1.80. The molecular formula is C12H16BrN3O. The first-order valence-electron chi connectivity index (χ1n) is 6.30. The normalized spacial score (nSPS) is 20.6. The summed E-state index contributed by atoms with van der Waals surface area (Å²) in [7, 11) is 0. The number of H-pyrrole nitrogens is 1. The number of nitrogens with one attached hydrogen (secondary N) is 1. The molecule has 1 N–H and O–H groups in total. The Bertz CT molecular complexity index is 433. The number of carbonyl (C=O) groups is 1. The lowest BCUT2D eigenvalue weighted by Crippen LogP contribution is -2.36. The van der Waals surface area contributed by atoms with Crippen molar-refractivity contribution in [3.8, 4) is 0 Å². The van der Waals surface area contributed by atoms with Crippen LogP contribution < -0.4 is 0 Å². The van der Waals surface area contributed by atoms with E-state index < -0.39 is 0 Å². The van der Waals surface area contributed by atoms with Crippen LogP contribution in [0.15, 0.2) is 4.47 Å². The third-order valence-corrected chi connectivity index (χ3v) is 4.37. The van der Waals surface area contributed by atoms with Gasteiger partial charge in [0.25, 0.3) is 5.91 Å². The van der Waals surface area contributed by atoms with Gasteiger partial charge in [0.1, 0.15) is 0 Å². The standard InChI is InChI=1S/C12H16BrN3O/c13-9-10(8-4-5-8)14-15-11(9)12(17)16-6-2-1-3-7-16/h8H,1-7H2,(H,14,15). The molecule has 0 atom stereocenters. The second-order valence-electron chi connectivity index (χ2n) is 4.93. The number of aromatic nitrogens is 2. The summed E-state index contributed by atoms with van der Waals surface area (Å²) in [5.41, 5.74) is 1.67. The van der Waals surface area contributed by atoms with E-state index in [-0.39, 0.29) is 5.91 Å². The fourth-order valence-corrected chi connectivity index (χ4v) is 3.04. The predicted molar refractivity (Wildman–Crippen MR) is 68.0 cm³/mol. The van der Waals surface area contributed by atoms with Crippen LogP contribution in [0.25, 0.3) is 0 Å². The van der Waals surface area contributed by atoms with Crippen molar-refractivity contribution in [2.75, 3.05) is 13.1 Å². The highest BCUT2D eigenvalue weighted by molar-refractivity contribution is 9.10. The first kappa shape index (κ1) is 11.3. The molecule has 2 heterocycles. The van der Waals surface area contributed by atoms with Crippen molar-refractivity contribution in [2.24, 2.45) is 0 Å². The number of likely N-dealkylation sites (tertiary alicyclic amines) is 1. The second kappa shape index (κ2) is 4.44. The van der Waals surface area contributed by atoms with Crippen LogP contribution >= 0.6 is 15.9 Å². The third-order valence-electron chi connectivity index (χ3n) is 3.56. The minimum atomic E-state index is 0.0692. The summed E-state index contributed by atoms with van der Waals surface area (Å²) in [5, 5.41) is 7.20. The smallest absolute Gasteiger partial charge is 0.275 e. The van der Waals surface area contributed by atoms with Crippen LogP contribution in [-0.4, -0.2) is 34.1 Å². The van der Waals surface area contributed by atoms with Crippen LogP contribution in [0, 0.1) is 0 Å². The second-order valence-corrected chi connectivity index (χ2v) is 5.72. The molecule has 5 heteroatoms. The molecular weight excluding hydrogens is 282 g/mol. The van der Waals surface area contributed by atoms with E-state index in [9.17, 15) is 4.79 Å². The molecule has 1 saturated heterocycles. The molecule has 1 saturated carbocycles. The van der Waals surface area contributed by atoms with Gasteiger partial charge in [-0.15, -0.1) is 0 Å². The van der Waals surface area contributed by atoms with E-state index >= 15 is 0 Å². The van der Waals surface area contributed by atoms with E-state index in [4.69, 9.17) is 0 Å². The molecule has 17 heavy (non-hydrogen) atoms. The van der Waals surface area contributed by atoms with Gasteiger partial charge in [-0.3, -0.25) is 9.89 Å². The van der Waals surface area contributed by atoms with Gasteiger partial charge < -0.3 is 4.90 Å². The minimum absolute atomic E-state index is 0.0692. The van der Waals surface area contributed by atoms with Gasteiger partial charge in [-0.25, -0.2) is 0 Å². The molecule has 0 radical (unpaired) electrons. The fourth-order valence-electron chi connectivity index (χ4n) is 2.37. The Morgan fingerprint density at radius 3 is 2.65 bits per heavy atom. The Morgan fingerprint density at radius 1 is 1.29 bits per heavy atom. The van der Waals surface area contributed by atoms with Gasteiger partial charge in [0, 0.05) is 19.0 Å². The average Bonchev–Trinajstić information content (AvgIpc) is 3.13. The highest BCUT2D eigenvalue weighted by Gasteiger charge is 2.31. The number of rotatable bonds is 2. The molecule has 0 bridgehead atoms. The molecule has 1 aromatic heterocycles. The molecule has 1 aromatic rings. The van der Waals surface area contributed by atoms with Crippen molar-refractivity contribution in [1.29, 1.82) is 0 Å². The van der Waals surface area contributed by atoms with Gasteiger partial charge in [0.05, 0.1) is 10.2 Å². The molecule has 2 aliphatic rings. The number of hydrogen-bond donors (Lipinski definition) is 1. The van der Waals surface area contributed by atoms with E-state index in [0.717, 1.165) is 36.1 Å². The fraction of sp³-hybridized carbons (Fsp3) is 0.667. The van der Waals surface area contributed by atoms with Crippen molar-refractivity contribution in [1.82, 2.24) is 15.1 Å². The molecule has 2 fully saturated rings. The lowest BCUT2D eigenvalue weighted by atomic mass is 10.1. The largest absolute Gasteiger partial charge is 0.337 e. The van der Waals surface area contributed by atoms with Crippen molar-refractivity contribution in [3.05, 3.63) is 15.9 Å². The van der Waals surface area contributed by atoms with E-state index in [1.807, 2.05) is 4.90 Å². The number of carbonyl (C=O) groups excluding carboxylic acids is 1. The summed E-state index contributed by atoms with van der Waals surface area (Å²) in [4.78, 5) is 14.2. The molecule has 3 rings (SSSR count). The highest BCUT2D eigenvalue weighted by atomic mass is 79.9. The summed E-state index contributed by atoms with van der Waals surface area (Å²) in [6, 6.07) is 0. The molecule has 4 nitrogen and oxygen atoms in total. The van der Waals surface area contributed by atoms with Crippen LogP contribution in [0.1, 0.15) is 54.2 Å². The maximum atomic E-state index is 12.3. The zero-order valence-electron chi connectivity index (χ0n) is 9.71. The van der Waals surface area contributed by atoms with Gasteiger partial charge in [-0.2, -0.15) is 5.10 Å². The summed E-state index contributed by atoms with van der Waals surface area (Å²) < 4.78 is 0.885. The van der Waals surface area contributed by atoms with E-state index in [1.165, 1.54) is 19.3 Å². The lowest BCUT2D eigenvalue weighted by molar-refractivity contribution is 0.0717.